The van der Waals surface area contributed by atoms with E-state index in [9.17, 15) is 4.79 Å². The number of morpholine rings is 1. The summed E-state index contributed by atoms with van der Waals surface area (Å²) in [5.74, 6) is 0.199. The van der Waals surface area contributed by atoms with Gasteiger partial charge in [-0.05, 0) is 0 Å². The fourth-order valence-corrected chi connectivity index (χ4v) is 1.81. The Morgan fingerprint density at radius 2 is 2.19 bits per heavy atom. The first-order valence-electron chi connectivity index (χ1n) is 5.20. The largest absolute Gasteiger partial charge is 0.436 e. The van der Waals surface area contributed by atoms with Gasteiger partial charge in [-0.25, -0.2) is 14.9 Å². The van der Waals surface area contributed by atoms with E-state index in [0.29, 0.717) is 24.8 Å². The first kappa shape index (κ1) is 9.68. The number of nitrogens with zero attached hydrogens (tertiary/aromatic N) is 3. The first-order valence-corrected chi connectivity index (χ1v) is 5.20. The Morgan fingerprint density at radius 3 is 2.94 bits per heavy atom. The summed E-state index contributed by atoms with van der Waals surface area (Å²) in [7, 11) is 0. The van der Waals surface area contributed by atoms with Gasteiger partial charge in [0.05, 0.1) is 13.2 Å². The zero-order chi connectivity index (χ0) is 11.0. The van der Waals surface area contributed by atoms with E-state index in [1.54, 1.807) is 0 Å². The van der Waals surface area contributed by atoms with Crippen molar-refractivity contribution < 1.29 is 14.3 Å². The van der Waals surface area contributed by atoms with E-state index in [-0.39, 0.29) is 5.78 Å². The Kier molecular flexibility index (Phi) is 2.30. The maximum absolute atomic E-state index is 11.5. The lowest BCUT2D eigenvalue weighted by atomic mass is 10.2. The van der Waals surface area contributed by atoms with Crippen LogP contribution in [0.2, 0.25) is 0 Å². The molecule has 1 fully saturated rings. The van der Waals surface area contributed by atoms with E-state index < -0.39 is 6.35 Å². The van der Waals surface area contributed by atoms with Gasteiger partial charge >= 0.3 is 0 Å². The SMILES string of the molecule is O=C1C=CN=C2OC(N3CCOCC3)N=C12. The number of fused-ring (bicyclic) bond motifs is 1. The van der Waals surface area contributed by atoms with Crippen LogP contribution in [-0.4, -0.2) is 54.9 Å². The molecule has 0 bridgehead atoms. The molecule has 6 heteroatoms. The molecule has 0 saturated carbocycles. The van der Waals surface area contributed by atoms with Gasteiger partial charge < -0.3 is 9.47 Å². The molecule has 6 nitrogen and oxygen atoms in total. The first-order chi connectivity index (χ1) is 7.84. The standard InChI is InChI=1S/C10H11N3O3/c14-7-1-2-11-9-8(7)12-10(16-9)13-3-5-15-6-4-13/h1-2,10H,3-6H2. The van der Waals surface area contributed by atoms with Crippen LogP contribution in [0.3, 0.4) is 0 Å². The maximum atomic E-state index is 11.5. The highest BCUT2D eigenvalue weighted by Crippen LogP contribution is 2.17. The predicted octanol–water partition coefficient (Wildman–Crippen LogP) is -0.432. The van der Waals surface area contributed by atoms with Crippen LogP contribution >= 0.6 is 0 Å². The lowest BCUT2D eigenvalue weighted by Gasteiger charge is -2.29. The van der Waals surface area contributed by atoms with Crippen molar-refractivity contribution in [2.45, 2.75) is 6.35 Å². The fraction of sp³-hybridized carbons (Fsp3) is 0.500. The molecule has 1 unspecified atom stereocenters. The molecule has 1 saturated heterocycles. The van der Waals surface area contributed by atoms with Crippen molar-refractivity contribution in [1.82, 2.24) is 4.90 Å². The van der Waals surface area contributed by atoms with Crippen LogP contribution in [0.1, 0.15) is 0 Å². The molecule has 0 aromatic rings. The molecule has 0 radical (unpaired) electrons. The number of rotatable bonds is 1. The third kappa shape index (κ3) is 1.56. The highest BCUT2D eigenvalue weighted by Gasteiger charge is 2.34. The summed E-state index contributed by atoms with van der Waals surface area (Å²) < 4.78 is 10.8. The van der Waals surface area contributed by atoms with Gasteiger partial charge in [-0.15, -0.1) is 0 Å². The van der Waals surface area contributed by atoms with Crippen LogP contribution in [0.4, 0.5) is 0 Å². The van der Waals surface area contributed by atoms with Crippen LogP contribution < -0.4 is 0 Å². The smallest absolute Gasteiger partial charge is 0.252 e. The number of allylic oxidation sites excluding steroid dienone is 1. The second kappa shape index (κ2) is 3.80. The number of carbonyl (C=O) groups excluding carboxylic acids is 1. The predicted molar refractivity (Wildman–Crippen MR) is 56.3 cm³/mol. The minimum absolute atomic E-state index is 0.138. The Morgan fingerprint density at radius 1 is 1.38 bits per heavy atom. The van der Waals surface area contributed by atoms with Crippen LogP contribution in [-0.2, 0) is 14.3 Å². The van der Waals surface area contributed by atoms with Crippen LogP contribution in [0, 0.1) is 0 Å². The van der Waals surface area contributed by atoms with Crippen molar-refractivity contribution in [2.24, 2.45) is 9.98 Å². The number of carbonyl (C=O) groups is 1. The molecule has 3 aliphatic rings. The number of ether oxygens (including phenoxy) is 2. The molecular formula is C10H11N3O3. The molecule has 0 spiro atoms. The van der Waals surface area contributed by atoms with Gasteiger partial charge in [0.2, 0.25) is 11.7 Å². The summed E-state index contributed by atoms with van der Waals surface area (Å²) >= 11 is 0. The Balaban J connectivity index is 1.79. The van der Waals surface area contributed by atoms with Crippen molar-refractivity contribution in [3.05, 3.63) is 12.3 Å². The van der Waals surface area contributed by atoms with E-state index in [0.717, 1.165) is 13.1 Å². The van der Waals surface area contributed by atoms with Gasteiger partial charge in [0.25, 0.3) is 6.35 Å². The fourth-order valence-electron chi connectivity index (χ4n) is 1.81. The number of hydrogen-bond donors (Lipinski definition) is 0. The second-order valence-corrected chi connectivity index (χ2v) is 3.68. The Hall–Kier alpha value is -1.53. The third-order valence-corrected chi connectivity index (χ3v) is 2.67. The summed E-state index contributed by atoms with van der Waals surface area (Å²) in [4.78, 5) is 21.8. The average Bonchev–Trinajstić information content (AvgIpc) is 2.76. The minimum atomic E-state index is -0.415. The topological polar surface area (TPSA) is 63.5 Å². The molecule has 16 heavy (non-hydrogen) atoms. The zero-order valence-electron chi connectivity index (χ0n) is 8.63. The highest BCUT2D eigenvalue weighted by molar-refractivity contribution is 6.69. The highest BCUT2D eigenvalue weighted by atomic mass is 16.5. The van der Waals surface area contributed by atoms with Crippen molar-refractivity contribution in [1.29, 1.82) is 0 Å². The molecule has 84 valence electrons. The Bertz CT molecular complexity index is 408. The summed E-state index contributed by atoms with van der Waals surface area (Å²) in [6.07, 6.45) is 2.42. The van der Waals surface area contributed by atoms with Crippen molar-refractivity contribution in [3.63, 3.8) is 0 Å². The van der Waals surface area contributed by atoms with Crippen molar-refractivity contribution in [3.8, 4) is 0 Å². The molecule has 0 amide bonds. The second-order valence-electron chi connectivity index (χ2n) is 3.68. The zero-order valence-corrected chi connectivity index (χ0v) is 8.63. The van der Waals surface area contributed by atoms with E-state index >= 15 is 0 Å². The molecule has 0 aromatic carbocycles. The van der Waals surface area contributed by atoms with Crippen LogP contribution in [0.25, 0.3) is 0 Å². The van der Waals surface area contributed by atoms with Gasteiger partial charge in [0.15, 0.2) is 5.71 Å². The summed E-state index contributed by atoms with van der Waals surface area (Å²) in [5.41, 5.74) is 0.332. The van der Waals surface area contributed by atoms with E-state index in [2.05, 4.69) is 9.98 Å². The molecule has 3 aliphatic heterocycles. The Labute approximate surface area is 92.3 Å². The number of hydrogen-bond acceptors (Lipinski definition) is 6. The van der Waals surface area contributed by atoms with Gasteiger partial charge in [0.1, 0.15) is 0 Å². The lowest BCUT2D eigenvalue weighted by molar-refractivity contribution is -0.108. The number of aliphatic imine (C=N–C) groups is 2. The van der Waals surface area contributed by atoms with Gasteiger partial charge in [-0.2, -0.15) is 0 Å². The molecule has 3 heterocycles. The van der Waals surface area contributed by atoms with Gasteiger partial charge in [-0.1, -0.05) is 0 Å². The van der Waals surface area contributed by atoms with Crippen LogP contribution in [0.5, 0.6) is 0 Å². The summed E-state index contributed by atoms with van der Waals surface area (Å²) in [5, 5.41) is 0. The quantitative estimate of drug-likeness (QED) is 0.602. The van der Waals surface area contributed by atoms with Crippen molar-refractivity contribution in [2.75, 3.05) is 26.3 Å². The molecule has 1 atom stereocenters. The summed E-state index contributed by atoms with van der Waals surface area (Å²) in [6.45, 7) is 2.86. The monoisotopic (exact) mass is 221 g/mol. The lowest BCUT2D eigenvalue weighted by Crippen LogP contribution is -2.43. The van der Waals surface area contributed by atoms with Gasteiger partial charge in [0, 0.05) is 25.4 Å². The average molecular weight is 221 g/mol. The normalized spacial score (nSPS) is 29.5. The van der Waals surface area contributed by atoms with E-state index in [1.165, 1.54) is 12.3 Å². The minimum Gasteiger partial charge on any atom is -0.436 e. The summed E-state index contributed by atoms with van der Waals surface area (Å²) in [6, 6.07) is 0. The van der Waals surface area contributed by atoms with Crippen LogP contribution in [0.15, 0.2) is 22.3 Å². The van der Waals surface area contributed by atoms with Gasteiger partial charge in [-0.3, -0.25) is 4.79 Å². The number of ketones is 1. The van der Waals surface area contributed by atoms with Crippen molar-refractivity contribution >= 4 is 17.4 Å². The third-order valence-electron chi connectivity index (χ3n) is 2.67. The molecule has 0 aromatic heterocycles. The van der Waals surface area contributed by atoms with E-state index in [1.807, 2.05) is 4.90 Å². The maximum Gasteiger partial charge on any atom is 0.252 e. The molecule has 3 rings (SSSR count). The molecular weight excluding hydrogens is 210 g/mol. The van der Waals surface area contributed by atoms with E-state index in [4.69, 9.17) is 9.47 Å². The molecule has 0 aliphatic carbocycles. The molecule has 0 N–H and O–H groups in total.